The third-order valence-electron chi connectivity index (χ3n) is 4.07. The van der Waals surface area contributed by atoms with Gasteiger partial charge in [0.05, 0.1) is 4.90 Å². The quantitative estimate of drug-likeness (QED) is 0.768. The van der Waals surface area contributed by atoms with Crippen LogP contribution in [-0.2, 0) is 21.2 Å². The minimum absolute atomic E-state index is 0.00932. The monoisotopic (exact) mass is 378 g/mol. The van der Waals surface area contributed by atoms with Crippen LogP contribution in [0.5, 0.6) is 0 Å². The maximum Gasteiger partial charge on any atom is 0.240 e. The van der Waals surface area contributed by atoms with Gasteiger partial charge in [0.25, 0.3) is 0 Å². The standard InChI is InChI=1S/C19H23FN2O3S/c1-15-14-18(8-9-19(15)20)26(24,25)21-11-13-22(16(2)23)12-10-17-6-4-3-5-7-17/h3-9,14,21H,10-13H2,1-2H3. The van der Waals surface area contributed by atoms with Gasteiger partial charge in [-0.25, -0.2) is 17.5 Å². The molecule has 0 saturated carbocycles. The summed E-state index contributed by atoms with van der Waals surface area (Å²) >= 11 is 0. The van der Waals surface area contributed by atoms with Gasteiger partial charge in [-0.15, -0.1) is 0 Å². The normalized spacial score (nSPS) is 11.3. The molecule has 0 bridgehead atoms. The third-order valence-corrected chi connectivity index (χ3v) is 5.53. The Hall–Kier alpha value is -2.25. The van der Waals surface area contributed by atoms with Crippen LogP contribution < -0.4 is 4.72 Å². The van der Waals surface area contributed by atoms with Crippen molar-refractivity contribution in [1.82, 2.24) is 9.62 Å². The summed E-state index contributed by atoms with van der Waals surface area (Å²) in [4.78, 5) is 13.4. The van der Waals surface area contributed by atoms with Crippen LogP contribution >= 0.6 is 0 Å². The second-order valence-corrected chi connectivity index (χ2v) is 7.82. The predicted octanol–water partition coefficient (Wildman–Crippen LogP) is 2.50. The second kappa shape index (κ2) is 8.91. The molecule has 0 atom stereocenters. The van der Waals surface area contributed by atoms with Gasteiger partial charge in [-0.2, -0.15) is 0 Å². The van der Waals surface area contributed by atoms with E-state index in [0.29, 0.717) is 13.0 Å². The van der Waals surface area contributed by atoms with Gasteiger partial charge in [0.1, 0.15) is 5.82 Å². The number of carbonyl (C=O) groups is 1. The summed E-state index contributed by atoms with van der Waals surface area (Å²) in [5.41, 5.74) is 1.38. The van der Waals surface area contributed by atoms with E-state index in [0.717, 1.165) is 11.6 Å². The fourth-order valence-electron chi connectivity index (χ4n) is 2.52. The number of benzene rings is 2. The van der Waals surface area contributed by atoms with E-state index in [-0.39, 0.29) is 29.5 Å². The van der Waals surface area contributed by atoms with Crippen molar-refractivity contribution < 1.29 is 17.6 Å². The number of aryl methyl sites for hydroxylation is 1. The lowest BCUT2D eigenvalue weighted by molar-refractivity contribution is -0.128. The summed E-state index contributed by atoms with van der Waals surface area (Å²) in [5.74, 6) is -0.564. The molecule has 2 aromatic rings. The van der Waals surface area contributed by atoms with Crippen molar-refractivity contribution >= 4 is 15.9 Å². The van der Waals surface area contributed by atoms with E-state index in [4.69, 9.17) is 0 Å². The van der Waals surface area contributed by atoms with Gasteiger partial charge >= 0.3 is 0 Å². The van der Waals surface area contributed by atoms with E-state index >= 15 is 0 Å². The summed E-state index contributed by atoms with van der Waals surface area (Å²) < 4.78 is 40.3. The Kier molecular flexibility index (Phi) is 6.88. The number of rotatable bonds is 8. The lowest BCUT2D eigenvalue weighted by Crippen LogP contribution is -2.38. The Morgan fingerprint density at radius 3 is 2.42 bits per heavy atom. The number of nitrogens with one attached hydrogen (secondary N) is 1. The molecular formula is C19H23FN2O3S. The molecule has 0 aliphatic rings. The van der Waals surface area contributed by atoms with Crippen LogP contribution in [-0.4, -0.2) is 38.9 Å². The number of sulfonamides is 1. The molecule has 0 saturated heterocycles. The zero-order chi connectivity index (χ0) is 19.2. The van der Waals surface area contributed by atoms with Crippen LogP contribution in [0.15, 0.2) is 53.4 Å². The van der Waals surface area contributed by atoms with Gasteiger partial charge in [0.15, 0.2) is 0 Å². The molecule has 0 heterocycles. The zero-order valence-electron chi connectivity index (χ0n) is 14.9. The highest BCUT2D eigenvalue weighted by molar-refractivity contribution is 7.89. The number of nitrogens with zero attached hydrogens (tertiary/aromatic N) is 1. The molecule has 7 heteroatoms. The fourth-order valence-corrected chi connectivity index (χ4v) is 3.62. The second-order valence-electron chi connectivity index (χ2n) is 6.05. The molecule has 140 valence electrons. The Labute approximate surface area is 153 Å². The largest absolute Gasteiger partial charge is 0.341 e. The fraction of sp³-hybridized carbons (Fsp3) is 0.316. The lowest BCUT2D eigenvalue weighted by atomic mass is 10.1. The minimum Gasteiger partial charge on any atom is -0.341 e. The van der Waals surface area contributed by atoms with Gasteiger partial charge in [0.2, 0.25) is 15.9 Å². The highest BCUT2D eigenvalue weighted by atomic mass is 32.2. The topological polar surface area (TPSA) is 66.5 Å². The van der Waals surface area contributed by atoms with Crippen LogP contribution in [0.1, 0.15) is 18.1 Å². The highest BCUT2D eigenvalue weighted by Gasteiger charge is 2.16. The van der Waals surface area contributed by atoms with Crippen molar-refractivity contribution in [3.05, 3.63) is 65.5 Å². The van der Waals surface area contributed by atoms with Gasteiger partial charge in [0, 0.05) is 26.6 Å². The van der Waals surface area contributed by atoms with Crippen LogP contribution in [0.25, 0.3) is 0 Å². The molecule has 5 nitrogen and oxygen atoms in total. The van der Waals surface area contributed by atoms with Gasteiger partial charge in [-0.05, 0) is 42.7 Å². The SMILES string of the molecule is CC(=O)N(CCNS(=O)(=O)c1ccc(F)c(C)c1)CCc1ccccc1. The van der Waals surface area contributed by atoms with Crippen molar-refractivity contribution in [2.45, 2.75) is 25.2 Å². The molecule has 0 aromatic heterocycles. The molecule has 0 aliphatic carbocycles. The lowest BCUT2D eigenvalue weighted by Gasteiger charge is -2.21. The number of halogens is 1. The molecule has 0 radical (unpaired) electrons. The molecule has 0 fully saturated rings. The molecule has 0 unspecified atom stereocenters. The van der Waals surface area contributed by atoms with E-state index in [1.54, 1.807) is 4.90 Å². The summed E-state index contributed by atoms with van der Waals surface area (Å²) in [6.07, 6.45) is 0.699. The van der Waals surface area contributed by atoms with Crippen LogP contribution in [0, 0.1) is 12.7 Å². The molecule has 1 N–H and O–H groups in total. The zero-order valence-corrected chi connectivity index (χ0v) is 15.7. The first kappa shape index (κ1) is 20.1. The number of hydrogen-bond donors (Lipinski definition) is 1. The molecular weight excluding hydrogens is 355 g/mol. The molecule has 0 aliphatic heterocycles. The summed E-state index contributed by atoms with van der Waals surface area (Å²) in [5, 5.41) is 0. The Balaban J connectivity index is 1.92. The molecule has 2 aromatic carbocycles. The molecule has 1 amide bonds. The Bertz CT molecular complexity index is 854. The van der Waals surface area contributed by atoms with Crippen molar-refractivity contribution in [3.63, 3.8) is 0 Å². The van der Waals surface area contributed by atoms with E-state index < -0.39 is 15.8 Å². The average molecular weight is 378 g/mol. The first-order chi connectivity index (χ1) is 12.3. The molecule has 0 spiro atoms. The first-order valence-corrected chi connectivity index (χ1v) is 9.83. The van der Waals surface area contributed by atoms with E-state index in [1.165, 1.54) is 26.0 Å². The van der Waals surface area contributed by atoms with E-state index in [2.05, 4.69) is 4.72 Å². The van der Waals surface area contributed by atoms with Crippen molar-refractivity contribution in [2.24, 2.45) is 0 Å². The minimum atomic E-state index is -3.74. The predicted molar refractivity (Wildman–Crippen MR) is 98.7 cm³/mol. The van der Waals surface area contributed by atoms with Crippen LogP contribution in [0.2, 0.25) is 0 Å². The highest BCUT2D eigenvalue weighted by Crippen LogP contribution is 2.14. The van der Waals surface area contributed by atoms with E-state index in [1.807, 2.05) is 30.3 Å². The Morgan fingerprint density at radius 2 is 1.81 bits per heavy atom. The maximum atomic E-state index is 13.3. The molecule has 2 rings (SSSR count). The molecule has 26 heavy (non-hydrogen) atoms. The average Bonchev–Trinajstić information content (AvgIpc) is 2.60. The van der Waals surface area contributed by atoms with Crippen LogP contribution in [0.4, 0.5) is 4.39 Å². The van der Waals surface area contributed by atoms with Crippen LogP contribution in [0.3, 0.4) is 0 Å². The van der Waals surface area contributed by atoms with Crippen molar-refractivity contribution in [2.75, 3.05) is 19.6 Å². The van der Waals surface area contributed by atoms with E-state index in [9.17, 15) is 17.6 Å². The summed E-state index contributed by atoms with van der Waals surface area (Å²) in [6, 6.07) is 13.4. The number of amides is 1. The number of hydrogen-bond acceptors (Lipinski definition) is 3. The maximum absolute atomic E-state index is 13.3. The first-order valence-electron chi connectivity index (χ1n) is 8.35. The smallest absolute Gasteiger partial charge is 0.240 e. The summed E-state index contributed by atoms with van der Waals surface area (Å²) in [7, 11) is -3.74. The van der Waals surface area contributed by atoms with Gasteiger partial charge < -0.3 is 4.90 Å². The third kappa shape index (κ3) is 5.64. The number of carbonyl (C=O) groups excluding carboxylic acids is 1. The summed E-state index contributed by atoms with van der Waals surface area (Å²) in [6.45, 7) is 3.84. The van der Waals surface area contributed by atoms with Crippen molar-refractivity contribution in [1.29, 1.82) is 0 Å². The Morgan fingerprint density at radius 1 is 1.12 bits per heavy atom. The van der Waals surface area contributed by atoms with Crippen molar-refractivity contribution in [3.8, 4) is 0 Å². The van der Waals surface area contributed by atoms with Gasteiger partial charge in [-0.1, -0.05) is 30.3 Å². The van der Waals surface area contributed by atoms with Gasteiger partial charge in [-0.3, -0.25) is 4.79 Å².